The molecule has 2 aromatic heterocycles. The summed E-state index contributed by atoms with van der Waals surface area (Å²) < 4.78 is 9.06. The lowest BCUT2D eigenvalue weighted by Crippen LogP contribution is -2.21. The molecule has 0 saturated heterocycles. The first-order chi connectivity index (χ1) is 37.0. The fraction of sp³-hybridized carbons (Fsp3) is 0.0870. The van der Waals surface area contributed by atoms with Crippen LogP contribution >= 0.6 is 0 Å². The van der Waals surface area contributed by atoms with Crippen LogP contribution in [0.25, 0.3) is 93.7 Å². The average Bonchev–Trinajstić information content (AvgIpc) is 3.81. The summed E-state index contributed by atoms with van der Waals surface area (Å²) in [5, 5.41) is 19.4. The Hall–Kier alpha value is -9.39. The number of aliphatic hydroxyl groups is 1. The van der Waals surface area contributed by atoms with Crippen molar-refractivity contribution in [1.29, 1.82) is 0 Å². The van der Waals surface area contributed by atoms with Gasteiger partial charge in [0.1, 0.15) is 17.3 Å². The van der Waals surface area contributed by atoms with E-state index >= 15 is 0 Å². The highest BCUT2D eigenvalue weighted by Gasteiger charge is 2.31. The number of aliphatic hydroxyl groups excluding tert-OH is 1. The predicted molar refractivity (Wildman–Crippen MR) is 314 cm³/mol. The molecule has 1 aliphatic carbocycles. The lowest BCUT2D eigenvalue weighted by Gasteiger charge is -2.29. The largest absolute Gasteiger partial charge is 0.512 e. The Balaban J connectivity index is 1.05. The molecule has 2 atom stereocenters. The van der Waals surface area contributed by atoms with Crippen molar-refractivity contribution in [2.24, 2.45) is 5.92 Å². The van der Waals surface area contributed by atoms with Crippen LogP contribution in [0.4, 0.5) is 0 Å². The van der Waals surface area contributed by atoms with Crippen molar-refractivity contribution in [2.75, 3.05) is 0 Å². The van der Waals surface area contributed by atoms with Crippen LogP contribution in [0.2, 0.25) is 0 Å². The number of allylic oxidation sites excluding steroid dienone is 15. The van der Waals surface area contributed by atoms with Crippen LogP contribution in [0.15, 0.2) is 273 Å². The van der Waals surface area contributed by atoms with Crippen molar-refractivity contribution >= 4 is 54.1 Å². The number of para-hydroxylation sites is 2. The monoisotopic (exact) mass is 972 g/mol. The van der Waals surface area contributed by atoms with Gasteiger partial charge in [-0.1, -0.05) is 226 Å². The van der Waals surface area contributed by atoms with Crippen LogP contribution in [0, 0.1) is 5.92 Å². The van der Waals surface area contributed by atoms with Gasteiger partial charge in [-0.05, 0) is 81.8 Å². The molecule has 10 aromatic rings. The summed E-state index contributed by atoms with van der Waals surface area (Å²) in [5.74, 6) is 3.11. The third-order valence-electron chi connectivity index (χ3n) is 14.0. The van der Waals surface area contributed by atoms with Gasteiger partial charge in [-0.3, -0.25) is 0 Å². The zero-order valence-electron chi connectivity index (χ0n) is 41.9. The van der Waals surface area contributed by atoms with Gasteiger partial charge >= 0.3 is 0 Å². The molecule has 6 nitrogen and oxygen atoms in total. The molecule has 2 unspecified atom stereocenters. The maximum Gasteiger partial charge on any atom is 0.163 e. The Morgan fingerprint density at radius 2 is 1.20 bits per heavy atom. The molecular weight excluding hydrogens is 917 g/mol. The zero-order chi connectivity index (χ0) is 51.1. The molecule has 0 bridgehead atoms. The Bertz CT molecular complexity index is 3950. The van der Waals surface area contributed by atoms with Gasteiger partial charge in [-0.25, -0.2) is 15.0 Å². The van der Waals surface area contributed by atoms with Gasteiger partial charge in [0.05, 0.1) is 22.5 Å². The highest BCUT2D eigenvalue weighted by atomic mass is 16.5. The Kier molecular flexibility index (Phi) is 13.9. The van der Waals surface area contributed by atoms with Crippen molar-refractivity contribution in [3.05, 3.63) is 279 Å². The number of hydrogen-bond donors (Lipinski definition) is 1. The van der Waals surface area contributed by atoms with E-state index in [9.17, 15) is 5.11 Å². The second-order valence-electron chi connectivity index (χ2n) is 18.7. The van der Waals surface area contributed by atoms with Crippen LogP contribution in [-0.2, 0) is 4.74 Å². The van der Waals surface area contributed by atoms with Crippen LogP contribution in [0.5, 0.6) is 0 Å². The highest BCUT2D eigenvalue weighted by molar-refractivity contribution is 6.29. The minimum Gasteiger partial charge on any atom is -0.512 e. The maximum absolute atomic E-state index is 9.74. The first-order valence-electron chi connectivity index (χ1n) is 25.7. The lowest BCUT2D eigenvalue weighted by molar-refractivity contribution is 0.245. The molecule has 364 valence electrons. The Morgan fingerprint density at radius 3 is 1.91 bits per heavy atom. The molecule has 0 radical (unpaired) electrons. The standard InChI is InChI=1S/C69H56N4O2/c1-4-6-7-16-38-58-61(40-26-43-64(58)75-47(3)27-12-9-8-10-15-32-51(74)5-2)69-71-67(48-28-13-11-14-29-48)70-68(72-69)50-31-25-30-49(46-50)52-44-45-60-55-35-18-17-33-53(55)54-34-19-20-39-59(54)65(60)66(52)73-62-41-23-21-36-56(62)57-37-22-24-42-63(57)73/h4,6-15,17-37,39-46,58,61,74H,1,3,5,16,38H2,2H3/b7-6-,9-8+,15-10+,27-12-,51-32+. The molecule has 75 heavy (non-hydrogen) atoms. The number of fused-ring (bicyclic) bond motifs is 9. The number of nitrogens with zero attached hydrogens (tertiary/aromatic N) is 4. The summed E-state index contributed by atoms with van der Waals surface area (Å²) in [6.45, 7) is 10.1. The van der Waals surface area contributed by atoms with Crippen molar-refractivity contribution < 1.29 is 9.84 Å². The van der Waals surface area contributed by atoms with E-state index in [1.54, 1.807) is 12.2 Å². The quantitative estimate of drug-likeness (QED) is 0.0593. The lowest BCUT2D eigenvalue weighted by atomic mass is 9.82. The third kappa shape index (κ3) is 9.70. The van der Waals surface area contributed by atoms with Gasteiger partial charge in [0.15, 0.2) is 11.6 Å². The summed E-state index contributed by atoms with van der Waals surface area (Å²) in [7, 11) is 0. The minimum atomic E-state index is -0.241. The summed E-state index contributed by atoms with van der Waals surface area (Å²) in [6, 6.07) is 58.6. The topological polar surface area (TPSA) is 73.1 Å². The molecule has 1 N–H and O–H groups in total. The number of aromatic nitrogens is 4. The van der Waals surface area contributed by atoms with E-state index < -0.39 is 0 Å². The number of rotatable bonds is 16. The van der Waals surface area contributed by atoms with Crippen molar-refractivity contribution in [1.82, 2.24) is 19.5 Å². The Morgan fingerprint density at radius 1 is 0.613 bits per heavy atom. The molecule has 0 fully saturated rings. The van der Waals surface area contributed by atoms with E-state index in [1.807, 2.05) is 79.8 Å². The van der Waals surface area contributed by atoms with E-state index in [4.69, 9.17) is 19.7 Å². The molecular formula is C69H56N4O2. The molecule has 0 amide bonds. The minimum absolute atomic E-state index is 0.117. The van der Waals surface area contributed by atoms with Gasteiger partial charge in [-0.2, -0.15) is 0 Å². The Labute approximate surface area is 438 Å². The first kappa shape index (κ1) is 47.9. The van der Waals surface area contributed by atoms with Crippen LogP contribution in [0.3, 0.4) is 0 Å². The summed E-state index contributed by atoms with van der Waals surface area (Å²) in [4.78, 5) is 15.9. The molecule has 6 heteroatoms. The van der Waals surface area contributed by atoms with Crippen molar-refractivity contribution in [3.63, 3.8) is 0 Å². The van der Waals surface area contributed by atoms with Gasteiger partial charge in [0.2, 0.25) is 0 Å². The van der Waals surface area contributed by atoms with Gasteiger partial charge < -0.3 is 14.4 Å². The molecule has 0 saturated carbocycles. The van der Waals surface area contributed by atoms with Gasteiger partial charge in [0, 0.05) is 51.1 Å². The fourth-order valence-corrected chi connectivity index (χ4v) is 10.5. The summed E-state index contributed by atoms with van der Waals surface area (Å²) >= 11 is 0. The zero-order valence-corrected chi connectivity index (χ0v) is 41.9. The average molecular weight is 973 g/mol. The van der Waals surface area contributed by atoms with Gasteiger partial charge in [0.25, 0.3) is 0 Å². The van der Waals surface area contributed by atoms with E-state index in [0.29, 0.717) is 35.4 Å². The predicted octanol–water partition coefficient (Wildman–Crippen LogP) is 18.2. The second kappa shape index (κ2) is 21.8. The molecule has 8 aromatic carbocycles. The number of hydrogen-bond acceptors (Lipinski definition) is 5. The normalized spacial score (nSPS) is 15.2. The fourth-order valence-electron chi connectivity index (χ4n) is 10.5. The van der Waals surface area contributed by atoms with Crippen molar-refractivity contribution in [3.8, 4) is 39.6 Å². The SMILES string of the molecule is C=C/C=C\CCC1C(OC(=C)\C=C/C=C/C=C/C=C(/O)CC)=CC=CC1c1nc(-c2ccccc2)nc(-c2cccc(-c3ccc4c5ccccc5c5ccccc5c4c3-n3c4ccccc4c4ccccc43)c2)n1. The van der Waals surface area contributed by atoms with Crippen molar-refractivity contribution in [2.45, 2.75) is 32.1 Å². The second-order valence-corrected chi connectivity index (χ2v) is 18.7. The first-order valence-corrected chi connectivity index (χ1v) is 25.7. The number of benzene rings is 8. The van der Waals surface area contributed by atoms with Gasteiger partial charge in [-0.15, -0.1) is 0 Å². The number of ether oxygens (including phenoxy) is 1. The summed E-state index contributed by atoms with van der Waals surface area (Å²) in [5.41, 5.74) is 7.32. The molecule has 0 spiro atoms. The van der Waals surface area contributed by atoms with E-state index in [0.717, 1.165) is 57.6 Å². The van der Waals surface area contributed by atoms with Crippen LogP contribution < -0.4 is 0 Å². The highest BCUT2D eigenvalue weighted by Crippen LogP contribution is 2.46. The molecule has 2 heterocycles. The molecule has 11 rings (SSSR count). The van der Waals surface area contributed by atoms with E-state index in [-0.39, 0.29) is 11.8 Å². The van der Waals surface area contributed by atoms with Crippen LogP contribution in [-0.4, -0.2) is 24.6 Å². The molecule has 1 aliphatic rings. The van der Waals surface area contributed by atoms with E-state index in [1.165, 1.54) is 43.1 Å². The smallest absolute Gasteiger partial charge is 0.163 e. The van der Waals surface area contributed by atoms with Crippen LogP contribution in [0.1, 0.15) is 37.9 Å². The van der Waals surface area contributed by atoms with E-state index in [2.05, 4.69) is 175 Å². The maximum atomic E-state index is 9.74. The molecule has 0 aliphatic heterocycles. The summed E-state index contributed by atoms with van der Waals surface area (Å²) in [6.07, 6.45) is 27.2. The third-order valence-corrected chi connectivity index (χ3v) is 14.0.